The van der Waals surface area contributed by atoms with E-state index >= 15 is 0 Å². The summed E-state index contributed by atoms with van der Waals surface area (Å²) < 4.78 is 27.7. The molecule has 0 aliphatic carbocycles. The normalized spacial score (nSPS) is 21.8. The predicted octanol–water partition coefficient (Wildman–Crippen LogP) is 4.21. The Morgan fingerprint density at radius 3 is 1.66 bits per heavy atom. The van der Waals surface area contributed by atoms with Gasteiger partial charge in [0, 0.05) is 38.6 Å². The van der Waals surface area contributed by atoms with Crippen molar-refractivity contribution in [3.05, 3.63) is 108 Å². The molecule has 2 atom stereocenters. The summed E-state index contributed by atoms with van der Waals surface area (Å²) in [5.41, 5.74) is 3.53. The third-order valence-electron chi connectivity index (χ3n) is 6.96. The van der Waals surface area contributed by atoms with Crippen LogP contribution in [0.2, 0.25) is 0 Å². The smallest absolute Gasteiger partial charge is 0.218 e. The molecule has 2 fully saturated rings. The van der Waals surface area contributed by atoms with Crippen LogP contribution in [0.1, 0.15) is 22.6 Å². The van der Waals surface area contributed by atoms with E-state index in [-0.39, 0.29) is 5.75 Å². The Balaban J connectivity index is 1.25. The maximum absolute atomic E-state index is 13.0. The third kappa shape index (κ3) is 4.65. The predicted molar refractivity (Wildman–Crippen MR) is 129 cm³/mol. The molecule has 0 N–H and O–H groups in total. The first-order chi connectivity index (χ1) is 15.6. The highest BCUT2D eigenvalue weighted by Crippen LogP contribution is 2.35. The molecular weight excluding hydrogens is 416 g/mol. The quantitative estimate of drug-likeness (QED) is 0.546. The number of hydrogen-bond donors (Lipinski definition) is 0. The largest absolute Gasteiger partial charge is 0.302 e. The topological polar surface area (TPSA) is 40.6 Å². The lowest BCUT2D eigenvalue weighted by Gasteiger charge is -2.26. The molecule has 2 saturated heterocycles. The van der Waals surface area contributed by atoms with Crippen molar-refractivity contribution in [2.75, 3.05) is 32.7 Å². The summed E-state index contributed by atoms with van der Waals surface area (Å²) in [6, 6.07) is 30.9. The Morgan fingerprint density at radius 1 is 0.688 bits per heavy atom. The van der Waals surface area contributed by atoms with Gasteiger partial charge in [-0.1, -0.05) is 91.0 Å². The number of hydrogen-bond acceptors (Lipinski definition) is 3. The standard InChI is InChI=1S/C27H30N2O2S/c30-32(31,21-22-10-4-1-5-11-22)29-18-25-16-28(17-26(25)19-29)20-27(23-12-6-2-7-13-23)24-14-8-3-9-15-24/h1-15,25-27H,16-21H2/t25-,26+. The van der Waals surface area contributed by atoms with E-state index in [1.165, 1.54) is 11.1 Å². The molecule has 4 nitrogen and oxygen atoms in total. The summed E-state index contributed by atoms with van der Waals surface area (Å²) in [6.45, 7) is 4.21. The first-order valence-electron chi connectivity index (χ1n) is 11.4. The number of fused-ring (bicyclic) bond motifs is 1. The van der Waals surface area contributed by atoms with E-state index in [9.17, 15) is 8.42 Å². The van der Waals surface area contributed by atoms with Crippen LogP contribution in [-0.2, 0) is 15.8 Å². The molecule has 0 aromatic heterocycles. The van der Waals surface area contributed by atoms with Crippen LogP contribution in [0.15, 0.2) is 91.0 Å². The summed E-state index contributed by atoms with van der Waals surface area (Å²) in [5, 5.41) is 0. The van der Waals surface area contributed by atoms with Crippen LogP contribution in [-0.4, -0.2) is 50.3 Å². The SMILES string of the molecule is O=S(=O)(Cc1ccccc1)N1C[C@H]2CN(CC(c3ccccc3)c3ccccc3)C[C@H]2C1. The van der Waals surface area contributed by atoms with Gasteiger partial charge in [-0.25, -0.2) is 12.7 Å². The molecule has 0 amide bonds. The molecular formula is C27H30N2O2S. The Kier molecular flexibility index (Phi) is 6.13. The zero-order valence-corrected chi connectivity index (χ0v) is 19.1. The fourth-order valence-corrected chi connectivity index (χ4v) is 6.97. The van der Waals surface area contributed by atoms with Crippen molar-refractivity contribution in [3.8, 4) is 0 Å². The molecule has 0 radical (unpaired) electrons. The lowest BCUT2D eigenvalue weighted by atomic mass is 9.91. The number of sulfonamides is 1. The second kappa shape index (κ2) is 9.18. The van der Waals surface area contributed by atoms with Gasteiger partial charge in [-0.05, 0) is 28.5 Å². The van der Waals surface area contributed by atoms with Gasteiger partial charge < -0.3 is 4.90 Å². The summed E-state index contributed by atoms with van der Waals surface area (Å²) in [4.78, 5) is 2.54. The van der Waals surface area contributed by atoms with Crippen molar-refractivity contribution in [1.29, 1.82) is 0 Å². The van der Waals surface area contributed by atoms with Crippen LogP contribution in [0.4, 0.5) is 0 Å². The van der Waals surface area contributed by atoms with E-state index in [2.05, 4.69) is 65.6 Å². The average molecular weight is 447 g/mol. The summed E-state index contributed by atoms with van der Waals surface area (Å²) in [7, 11) is -3.27. The average Bonchev–Trinajstić information content (AvgIpc) is 3.39. The fourth-order valence-electron chi connectivity index (χ4n) is 5.33. The highest BCUT2D eigenvalue weighted by molar-refractivity contribution is 7.88. The van der Waals surface area contributed by atoms with E-state index in [4.69, 9.17) is 0 Å². The van der Waals surface area contributed by atoms with Gasteiger partial charge in [0.15, 0.2) is 0 Å². The van der Waals surface area contributed by atoms with Gasteiger partial charge in [0.2, 0.25) is 10.0 Å². The molecule has 0 bridgehead atoms. The summed E-state index contributed by atoms with van der Waals surface area (Å²) >= 11 is 0. The zero-order chi connectivity index (χ0) is 22.0. The molecule has 5 rings (SSSR count). The van der Waals surface area contributed by atoms with Gasteiger partial charge >= 0.3 is 0 Å². The monoisotopic (exact) mass is 446 g/mol. The highest BCUT2D eigenvalue weighted by Gasteiger charge is 2.44. The summed E-state index contributed by atoms with van der Waals surface area (Å²) in [6.07, 6.45) is 0. The first-order valence-corrected chi connectivity index (χ1v) is 13.0. The first kappa shape index (κ1) is 21.4. The third-order valence-corrected chi connectivity index (χ3v) is 8.74. The van der Waals surface area contributed by atoms with Crippen molar-refractivity contribution in [2.24, 2.45) is 11.8 Å². The molecule has 0 spiro atoms. The van der Waals surface area contributed by atoms with Crippen LogP contribution < -0.4 is 0 Å². The van der Waals surface area contributed by atoms with Crippen LogP contribution >= 0.6 is 0 Å². The van der Waals surface area contributed by atoms with Crippen molar-refractivity contribution >= 4 is 10.0 Å². The fraction of sp³-hybridized carbons (Fsp3) is 0.333. The highest BCUT2D eigenvalue weighted by atomic mass is 32.2. The van der Waals surface area contributed by atoms with Crippen molar-refractivity contribution in [1.82, 2.24) is 9.21 Å². The molecule has 0 saturated carbocycles. The van der Waals surface area contributed by atoms with Gasteiger partial charge in [-0.3, -0.25) is 0 Å². The van der Waals surface area contributed by atoms with E-state index in [0.29, 0.717) is 30.8 Å². The number of rotatable bonds is 7. The molecule has 0 unspecified atom stereocenters. The molecule has 5 heteroatoms. The van der Waals surface area contributed by atoms with Crippen LogP contribution in [0.25, 0.3) is 0 Å². The van der Waals surface area contributed by atoms with Crippen LogP contribution in [0.5, 0.6) is 0 Å². The Hall–Kier alpha value is -2.47. The van der Waals surface area contributed by atoms with Gasteiger partial charge in [0.25, 0.3) is 0 Å². The maximum Gasteiger partial charge on any atom is 0.218 e. The Morgan fingerprint density at radius 2 is 1.16 bits per heavy atom. The van der Waals surface area contributed by atoms with E-state index in [1.54, 1.807) is 4.31 Å². The maximum atomic E-state index is 13.0. The number of benzene rings is 3. The minimum absolute atomic E-state index is 0.0983. The number of nitrogens with zero attached hydrogens (tertiary/aromatic N) is 2. The second-order valence-corrected chi connectivity index (χ2v) is 11.1. The van der Waals surface area contributed by atoms with Crippen molar-refractivity contribution in [2.45, 2.75) is 11.7 Å². The van der Waals surface area contributed by atoms with Gasteiger partial charge in [0.1, 0.15) is 0 Å². The Bertz CT molecular complexity index is 1070. The molecule has 3 aromatic carbocycles. The molecule has 3 aromatic rings. The second-order valence-electron chi connectivity index (χ2n) is 9.17. The summed E-state index contributed by atoms with van der Waals surface area (Å²) in [5.74, 6) is 1.27. The zero-order valence-electron chi connectivity index (χ0n) is 18.3. The lowest BCUT2D eigenvalue weighted by Crippen LogP contribution is -2.35. The van der Waals surface area contributed by atoms with Crippen LogP contribution in [0, 0.1) is 11.8 Å². The number of likely N-dealkylation sites (tertiary alicyclic amines) is 1. The molecule has 32 heavy (non-hydrogen) atoms. The van der Waals surface area contributed by atoms with Crippen molar-refractivity contribution < 1.29 is 8.42 Å². The van der Waals surface area contributed by atoms with Gasteiger partial charge in [-0.2, -0.15) is 0 Å². The van der Waals surface area contributed by atoms with Crippen LogP contribution in [0.3, 0.4) is 0 Å². The van der Waals surface area contributed by atoms with Gasteiger partial charge in [-0.15, -0.1) is 0 Å². The minimum atomic E-state index is -3.27. The minimum Gasteiger partial charge on any atom is -0.302 e. The van der Waals surface area contributed by atoms with E-state index in [1.807, 2.05) is 30.3 Å². The molecule has 2 heterocycles. The molecule has 2 aliphatic rings. The molecule has 166 valence electrons. The van der Waals surface area contributed by atoms with Crippen molar-refractivity contribution in [3.63, 3.8) is 0 Å². The molecule has 2 aliphatic heterocycles. The lowest BCUT2D eigenvalue weighted by molar-refractivity contribution is 0.288. The Labute approximate surface area is 191 Å². The van der Waals surface area contributed by atoms with E-state index in [0.717, 1.165) is 25.2 Å². The van der Waals surface area contributed by atoms with Gasteiger partial charge in [0.05, 0.1) is 5.75 Å². The van der Waals surface area contributed by atoms with E-state index < -0.39 is 10.0 Å².